The molecule has 1 aromatic carbocycles. The Morgan fingerprint density at radius 2 is 1.50 bits per heavy atom. The SMILES string of the molecule is CCCCCCCN(C(=O)C(NC(=O)OC(C)(C)C)C(C)CC)C(C(=O)NC(C)CCC)c1ccc(CC)cc1. The fraction of sp³-hybridized carbons (Fsp3) is 0.727. The largest absolute Gasteiger partial charge is 0.444 e. The van der Waals surface area contributed by atoms with E-state index in [4.69, 9.17) is 4.74 Å². The number of ether oxygens (including phenoxy) is 1. The van der Waals surface area contributed by atoms with Crippen molar-refractivity contribution < 1.29 is 19.1 Å². The maximum atomic E-state index is 14.4. The summed E-state index contributed by atoms with van der Waals surface area (Å²) in [5.41, 5.74) is 1.26. The second-order valence-corrected chi connectivity index (χ2v) is 12.2. The summed E-state index contributed by atoms with van der Waals surface area (Å²) in [6, 6.07) is 6.36. The molecule has 0 heterocycles. The molecule has 0 aromatic heterocycles. The molecule has 0 radical (unpaired) electrons. The van der Waals surface area contributed by atoms with Crippen LogP contribution in [0.1, 0.15) is 131 Å². The number of carbonyl (C=O) groups excluding carboxylic acids is 3. The smallest absolute Gasteiger partial charge is 0.408 e. The Kier molecular flexibility index (Phi) is 15.9. The van der Waals surface area contributed by atoms with Crippen LogP contribution in [0.5, 0.6) is 0 Å². The number of nitrogens with zero attached hydrogens (tertiary/aromatic N) is 1. The molecular weight excluding hydrogens is 502 g/mol. The van der Waals surface area contributed by atoms with E-state index < -0.39 is 23.8 Å². The molecule has 40 heavy (non-hydrogen) atoms. The van der Waals surface area contributed by atoms with Gasteiger partial charge in [0.1, 0.15) is 17.7 Å². The van der Waals surface area contributed by atoms with E-state index in [0.29, 0.717) is 13.0 Å². The summed E-state index contributed by atoms with van der Waals surface area (Å²) >= 11 is 0. The summed E-state index contributed by atoms with van der Waals surface area (Å²) in [5, 5.41) is 6.02. The fourth-order valence-corrected chi connectivity index (χ4v) is 4.78. The maximum Gasteiger partial charge on any atom is 0.408 e. The number of amides is 3. The standard InChI is InChI=1S/C33H57N3O4/c1-10-14-15-16-17-23-36(31(38)28(24(5)12-3)35-32(39)40-33(7,8)9)29(30(37)34-25(6)18-11-2)27-21-19-26(13-4)20-22-27/h19-22,24-25,28-29H,10-18,23H2,1-9H3,(H,34,37)(H,35,39). The van der Waals surface area contributed by atoms with Crippen LogP contribution in [0.15, 0.2) is 24.3 Å². The van der Waals surface area contributed by atoms with Crippen molar-refractivity contribution in [3.8, 4) is 0 Å². The van der Waals surface area contributed by atoms with Gasteiger partial charge in [-0.2, -0.15) is 0 Å². The van der Waals surface area contributed by atoms with Gasteiger partial charge in [0, 0.05) is 12.6 Å². The van der Waals surface area contributed by atoms with Crippen LogP contribution in [-0.2, 0) is 20.7 Å². The zero-order valence-electron chi connectivity index (χ0n) is 26.8. The Bertz CT molecular complexity index is 894. The molecule has 0 fully saturated rings. The van der Waals surface area contributed by atoms with Gasteiger partial charge in [-0.15, -0.1) is 0 Å². The van der Waals surface area contributed by atoms with Crippen molar-refractivity contribution in [3.05, 3.63) is 35.4 Å². The molecule has 0 saturated heterocycles. The van der Waals surface area contributed by atoms with Crippen LogP contribution in [-0.4, -0.2) is 47.0 Å². The molecule has 0 aliphatic carbocycles. The molecule has 7 nitrogen and oxygen atoms in total. The lowest BCUT2D eigenvalue weighted by Crippen LogP contribution is -2.55. The van der Waals surface area contributed by atoms with Gasteiger partial charge in [0.25, 0.3) is 0 Å². The van der Waals surface area contributed by atoms with Crippen LogP contribution >= 0.6 is 0 Å². The predicted molar refractivity (Wildman–Crippen MR) is 164 cm³/mol. The van der Waals surface area contributed by atoms with Gasteiger partial charge in [-0.25, -0.2) is 4.79 Å². The summed E-state index contributed by atoms with van der Waals surface area (Å²) < 4.78 is 5.52. The number of hydrogen-bond donors (Lipinski definition) is 2. The van der Waals surface area contributed by atoms with E-state index in [0.717, 1.165) is 56.9 Å². The maximum absolute atomic E-state index is 14.4. The van der Waals surface area contributed by atoms with Gasteiger partial charge in [0.05, 0.1) is 0 Å². The van der Waals surface area contributed by atoms with Crippen LogP contribution < -0.4 is 10.6 Å². The minimum atomic E-state index is -0.811. The van der Waals surface area contributed by atoms with Crippen LogP contribution in [0.4, 0.5) is 4.79 Å². The highest BCUT2D eigenvalue weighted by Gasteiger charge is 2.38. The van der Waals surface area contributed by atoms with E-state index in [2.05, 4.69) is 31.4 Å². The molecule has 0 aliphatic heterocycles. The molecule has 1 rings (SSSR count). The lowest BCUT2D eigenvalue weighted by Gasteiger charge is -2.36. The monoisotopic (exact) mass is 559 g/mol. The fourth-order valence-electron chi connectivity index (χ4n) is 4.78. The molecule has 4 atom stereocenters. The lowest BCUT2D eigenvalue weighted by molar-refractivity contribution is -0.143. The summed E-state index contributed by atoms with van der Waals surface area (Å²) in [6.07, 6.45) is 7.86. The van der Waals surface area contributed by atoms with Gasteiger partial charge >= 0.3 is 6.09 Å². The summed E-state index contributed by atoms with van der Waals surface area (Å²) in [5.74, 6) is -0.585. The second kappa shape index (κ2) is 18.0. The third-order valence-corrected chi connectivity index (χ3v) is 7.31. The number of rotatable bonds is 17. The third-order valence-electron chi connectivity index (χ3n) is 7.31. The van der Waals surface area contributed by atoms with E-state index in [-0.39, 0.29) is 23.8 Å². The van der Waals surface area contributed by atoms with E-state index >= 15 is 0 Å². The first-order chi connectivity index (χ1) is 18.9. The van der Waals surface area contributed by atoms with Gasteiger partial charge in [0.2, 0.25) is 11.8 Å². The van der Waals surface area contributed by atoms with Crippen molar-refractivity contribution in [3.63, 3.8) is 0 Å². The van der Waals surface area contributed by atoms with E-state index in [9.17, 15) is 14.4 Å². The Morgan fingerprint density at radius 3 is 2.02 bits per heavy atom. The van der Waals surface area contributed by atoms with Crippen molar-refractivity contribution >= 4 is 17.9 Å². The number of hydrogen-bond acceptors (Lipinski definition) is 4. The van der Waals surface area contributed by atoms with Gasteiger partial charge < -0.3 is 20.3 Å². The van der Waals surface area contributed by atoms with Gasteiger partial charge in [-0.3, -0.25) is 9.59 Å². The molecule has 7 heteroatoms. The van der Waals surface area contributed by atoms with Crippen molar-refractivity contribution in [1.82, 2.24) is 15.5 Å². The molecule has 4 unspecified atom stereocenters. The van der Waals surface area contributed by atoms with Crippen LogP contribution in [0.2, 0.25) is 0 Å². The number of carbonyl (C=O) groups is 3. The topological polar surface area (TPSA) is 87.7 Å². The number of unbranched alkanes of at least 4 members (excludes halogenated alkanes) is 4. The van der Waals surface area contributed by atoms with Crippen LogP contribution in [0, 0.1) is 5.92 Å². The van der Waals surface area contributed by atoms with E-state index in [1.165, 1.54) is 5.56 Å². The third kappa shape index (κ3) is 12.3. The molecule has 0 aliphatic rings. The Morgan fingerprint density at radius 1 is 0.875 bits per heavy atom. The second-order valence-electron chi connectivity index (χ2n) is 12.2. The van der Waals surface area contributed by atoms with Gasteiger partial charge in [-0.1, -0.05) is 97.4 Å². The molecule has 3 amide bonds. The summed E-state index contributed by atoms with van der Waals surface area (Å²) in [6.45, 7) is 18.1. The average molecular weight is 560 g/mol. The molecule has 0 bridgehead atoms. The summed E-state index contributed by atoms with van der Waals surface area (Å²) in [4.78, 5) is 42.8. The lowest BCUT2D eigenvalue weighted by atomic mass is 9.95. The van der Waals surface area contributed by atoms with Gasteiger partial charge in [-0.05, 0) is 64.0 Å². The Hall–Kier alpha value is -2.57. The highest BCUT2D eigenvalue weighted by atomic mass is 16.6. The number of nitrogens with one attached hydrogen (secondary N) is 2. The number of aryl methyl sites for hydroxylation is 1. The van der Waals surface area contributed by atoms with Crippen molar-refractivity contribution in [2.45, 2.75) is 144 Å². The quantitative estimate of drug-likeness (QED) is 0.196. The van der Waals surface area contributed by atoms with Crippen molar-refractivity contribution in [2.24, 2.45) is 5.92 Å². The Labute approximate surface area is 244 Å². The minimum Gasteiger partial charge on any atom is -0.444 e. The predicted octanol–water partition coefficient (Wildman–Crippen LogP) is 7.33. The summed E-state index contributed by atoms with van der Waals surface area (Å²) in [7, 11) is 0. The van der Waals surface area contributed by atoms with Crippen LogP contribution in [0.3, 0.4) is 0 Å². The first-order valence-corrected chi connectivity index (χ1v) is 15.6. The Balaban J connectivity index is 3.53. The minimum absolute atomic E-state index is 0.0123. The number of alkyl carbamates (subject to hydrolysis) is 1. The normalized spacial score (nSPS) is 14.5. The first kappa shape index (κ1) is 35.5. The zero-order valence-corrected chi connectivity index (χ0v) is 26.8. The number of benzene rings is 1. The molecule has 2 N–H and O–H groups in total. The molecule has 228 valence electrons. The highest BCUT2D eigenvalue weighted by Crippen LogP contribution is 2.26. The molecular formula is C33H57N3O4. The van der Waals surface area contributed by atoms with Gasteiger partial charge in [0.15, 0.2) is 0 Å². The molecule has 0 spiro atoms. The molecule has 1 aromatic rings. The van der Waals surface area contributed by atoms with E-state index in [1.807, 2.05) is 45.0 Å². The van der Waals surface area contributed by atoms with Crippen molar-refractivity contribution in [1.29, 1.82) is 0 Å². The average Bonchev–Trinajstić information content (AvgIpc) is 2.89. The van der Waals surface area contributed by atoms with Crippen molar-refractivity contribution in [2.75, 3.05) is 6.54 Å². The highest BCUT2D eigenvalue weighted by molar-refractivity contribution is 5.92. The van der Waals surface area contributed by atoms with Crippen LogP contribution in [0.25, 0.3) is 0 Å². The zero-order chi connectivity index (χ0) is 30.3. The first-order valence-electron chi connectivity index (χ1n) is 15.6. The molecule has 0 saturated carbocycles. The van der Waals surface area contributed by atoms with E-state index in [1.54, 1.807) is 25.7 Å².